The number of esters is 1. The zero-order chi connectivity index (χ0) is 29.6. The molecule has 0 radical (unpaired) electrons. The molecule has 1 rings (SSSR count). The van der Waals surface area contributed by atoms with Crippen LogP contribution in [0.2, 0.25) is 0 Å². The molecule has 0 bridgehead atoms. The van der Waals surface area contributed by atoms with Gasteiger partial charge in [-0.25, -0.2) is 4.79 Å². The van der Waals surface area contributed by atoms with E-state index in [2.05, 4.69) is 47.1 Å². The number of nitrogens with one attached hydrogen (secondary N) is 1. The first-order valence-electron chi connectivity index (χ1n) is 17.4. The highest BCUT2D eigenvalue weighted by atomic mass is 16.5. The first-order valence-corrected chi connectivity index (χ1v) is 17.4. The zero-order valence-corrected chi connectivity index (χ0v) is 27.7. The lowest BCUT2D eigenvalue weighted by molar-refractivity contribution is -0.883. The molecule has 0 heterocycles. The van der Waals surface area contributed by atoms with Crippen molar-refractivity contribution >= 4 is 11.9 Å². The van der Waals surface area contributed by atoms with Crippen LogP contribution < -0.4 is 5.32 Å². The lowest BCUT2D eigenvalue weighted by Gasteiger charge is -2.37. The fourth-order valence-electron chi connectivity index (χ4n) is 6.37. The first-order chi connectivity index (χ1) is 19.1. The number of carbonyl (C=O) groups is 2. The van der Waals surface area contributed by atoms with Crippen molar-refractivity contribution in [1.82, 2.24) is 5.32 Å². The topological polar surface area (TPSA) is 55.4 Å². The molecule has 1 N–H and O–H groups in total. The van der Waals surface area contributed by atoms with Crippen LogP contribution in [0.3, 0.4) is 0 Å². The van der Waals surface area contributed by atoms with E-state index < -0.39 is 0 Å². The summed E-state index contributed by atoms with van der Waals surface area (Å²) in [6.45, 7) is 11.0. The highest BCUT2D eigenvalue weighted by Gasteiger charge is 2.34. The number of carbonyl (C=O) groups excluding carboxylic acids is 2. The summed E-state index contributed by atoms with van der Waals surface area (Å²) in [7, 11) is 4.17. The van der Waals surface area contributed by atoms with Gasteiger partial charge >= 0.3 is 5.97 Å². The van der Waals surface area contributed by atoms with E-state index in [0.717, 1.165) is 38.6 Å². The third kappa shape index (κ3) is 19.1. The smallest absolute Gasteiger partial charge is 0.362 e. The van der Waals surface area contributed by atoms with Crippen molar-refractivity contribution in [2.75, 3.05) is 33.7 Å². The molecular formula is C35H69N2O3+. The monoisotopic (exact) mass is 566 g/mol. The molecule has 0 aliphatic heterocycles. The minimum Gasteiger partial charge on any atom is -0.458 e. The maximum Gasteiger partial charge on any atom is 0.362 e. The molecular weight excluding hydrogens is 496 g/mol. The van der Waals surface area contributed by atoms with Gasteiger partial charge in [0.25, 0.3) is 0 Å². The summed E-state index contributed by atoms with van der Waals surface area (Å²) < 4.78 is 6.61. The van der Waals surface area contributed by atoms with E-state index in [9.17, 15) is 9.59 Å². The second-order valence-electron chi connectivity index (χ2n) is 14.1. The molecule has 0 spiro atoms. The van der Waals surface area contributed by atoms with Crippen LogP contribution in [0.25, 0.3) is 0 Å². The Hall–Kier alpha value is -1.10. The third-order valence-corrected chi connectivity index (χ3v) is 9.07. The van der Waals surface area contributed by atoms with Gasteiger partial charge in [-0.2, -0.15) is 0 Å². The number of nitrogens with zero attached hydrogens (tertiary/aromatic N) is 1. The normalized spacial score (nSPS) is 19.6. The van der Waals surface area contributed by atoms with Gasteiger partial charge in [0.2, 0.25) is 5.91 Å². The Bertz CT molecular complexity index is 649. The summed E-state index contributed by atoms with van der Waals surface area (Å²) in [5.74, 6) is 1.76. The van der Waals surface area contributed by atoms with Gasteiger partial charge in [-0.3, -0.25) is 4.79 Å². The lowest BCUT2D eigenvalue weighted by Crippen LogP contribution is -2.47. The van der Waals surface area contributed by atoms with Gasteiger partial charge < -0.3 is 14.5 Å². The van der Waals surface area contributed by atoms with Crippen molar-refractivity contribution in [2.24, 2.45) is 17.8 Å². The molecule has 1 fully saturated rings. The molecule has 0 aromatic rings. The Balaban J connectivity index is 2.00. The van der Waals surface area contributed by atoms with Gasteiger partial charge in [-0.05, 0) is 37.0 Å². The molecule has 1 aliphatic carbocycles. The number of hydrogen-bond donors (Lipinski definition) is 1. The Morgan fingerprint density at radius 3 is 1.85 bits per heavy atom. The van der Waals surface area contributed by atoms with Crippen LogP contribution in [0.1, 0.15) is 156 Å². The van der Waals surface area contributed by atoms with Crippen molar-refractivity contribution in [3.05, 3.63) is 0 Å². The molecule has 236 valence electrons. The number of unbranched alkanes of at least 4 members (excludes halogenated alkanes) is 14. The van der Waals surface area contributed by atoms with E-state index in [1.807, 2.05) is 0 Å². The van der Waals surface area contributed by atoms with Crippen LogP contribution in [-0.2, 0) is 14.3 Å². The maximum absolute atomic E-state index is 12.8. The second-order valence-corrected chi connectivity index (χ2v) is 14.1. The van der Waals surface area contributed by atoms with Gasteiger partial charge in [0.1, 0.15) is 6.10 Å². The molecule has 5 nitrogen and oxygen atoms in total. The summed E-state index contributed by atoms with van der Waals surface area (Å²) in [5, 5.41) is 3.08. The summed E-state index contributed by atoms with van der Waals surface area (Å²) in [6.07, 6.45) is 25.1. The Labute approximate surface area is 249 Å². The second kappa shape index (κ2) is 22.5. The predicted molar refractivity (Wildman–Crippen MR) is 170 cm³/mol. The van der Waals surface area contributed by atoms with Gasteiger partial charge in [0, 0.05) is 19.4 Å². The standard InChI is InChI=1S/C35H68N2O3/c1-7-8-9-10-11-12-13-14-15-16-17-18-19-20-21-23-34(38)36-26-22-27-37(5,6)29-35(39)40-33-28-31(4)24-25-32(33)30(2)3/h30-33H,7-29H2,1-6H3/p+1/t31-,32+,33-/m0/s1. The van der Waals surface area contributed by atoms with Crippen molar-refractivity contribution in [3.63, 3.8) is 0 Å². The zero-order valence-electron chi connectivity index (χ0n) is 27.7. The highest BCUT2D eigenvalue weighted by Crippen LogP contribution is 2.35. The number of hydrogen-bond acceptors (Lipinski definition) is 3. The summed E-state index contributed by atoms with van der Waals surface area (Å²) in [6, 6.07) is 0. The van der Waals surface area contributed by atoms with Crippen molar-refractivity contribution < 1.29 is 18.8 Å². The van der Waals surface area contributed by atoms with E-state index in [1.165, 1.54) is 89.9 Å². The number of ether oxygens (including phenoxy) is 1. The van der Waals surface area contributed by atoms with Gasteiger partial charge in [0.15, 0.2) is 6.54 Å². The van der Waals surface area contributed by atoms with E-state index in [4.69, 9.17) is 4.74 Å². The van der Waals surface area contributed by atoms with Crippen LogP contribution in [0, 0.1) is 17.8 Å². The quantitative estimate of drug-likeness (QED) is 0.0722. The largest absolute Gasteiger partial charge is 0.458 e. The fraction of sp³-hybridized carbons (Fsp3) is 0.943. The lowest BCUT2D eigenvalue weighted by atomic mass is 9.75. The van der Waals surface area contributed by atoms with Gasteiger partial charge in [0.05, 0.1) is 20.6 Å². The average molecular weight is 566 g/mol. The van der Waals surface area contributed by atoms with Gasteiger partial charge in [-0.1, -0.05) is 124 Å². The number of likely N-dealkylation sites (N-methyl/N-ethyl adjacent to an activating group) is 1. The molecule has 0 unspecified atom stereocenters. The van der Waals surface area contributed by atoms with Crippen molar-refractivity contribution in [3.8, 4) is 0 Å². The van der Waals surface area contributed by atoms with E-state index in [-0.39, 0.29) is 18.0 Å². The Morgan fingerprint density at radius 2 is 1.32 bits per heavy atom. The summed E-state index contributed by atoms with van der Waals surface area (Å²) in [5.41, 5.74) is 0. The number of amides is 1. The van der Waals surface area contributed by atoms with Crippen LogP contribution in [0.4, 0.5) is 0 Å². The van der Waals surface area contributed by atoms with Gasteiger partial charge in [-0.15, -0.1) is 0 Å². The highest BCUT2D eigenvalue weighted by molar-refractivity contribution is 5.75. The van der Waals surface area contributed by atoms with E-state index >= 15 is 0 Å². The Kier molecular flexibility index (Phi) is 20.8. The molecule has 1 aliphatic rings. The van der Waals surface area contributed by atoms with Crippen molar-refractivity contribution in [2.45, 2.75) is 162 Å². The summed E-state index contributed by atoms with van der Waals surface area (Å²) >= 11 is 0. The van der Waals surface area contributed by atoms with Crippen LogP contribution >= 0.6 is 0 Å². The van der Waals surface area contributed by atoms with E-state index in [1.54, 1.807) is 0 Å². The average Bonchev–Trinajstić information content (AvgIpc) is 2.88. The van der Waals surface area contributed by atoms with Crippen molar-refractivity contribution in [1.29, 1.82) is 0 Å². The van der Waals surface area contributed by atoms with Crippen LogP contribution in [0.15, 0.2) is 0 Å². The minimum atomic E-state index is -0.0769. The number of rotatable bonds is 24. The van der Waals surface area contributed by atoms with Crippen LogP contribution in [-0.4, -0.2) is 56.2 Å². The molecule has 1 amide bonds. The molecule has 3 atom stereocenters. The Morgan fingerprint density at radius 1 is 0.800 bits per heavy atom. The number of quaternary nitrogens is 1. The SMILES string of the molecule is CCCCCCCCCCCCCCCCCC(=O)NCCC[N+](C)(C)CC(=O)O[C@H]1C[C@@H](C)CC[C@@H]1C(C)C. The maximum atomic E-state index is 12.8. The predicted octanol–water partition coefficient (Wildman–Crippen LogP) is 8.83. The molecule has 40 heavy (non-hydrogen) atoms. The third-order valence-electron chi connectivity index (χ3n) is 9.07. The summed E-state index contributed by atoms with van der Waals surface area (Å²) in [4.78, 5) is 25.0. The molecule has 0 saturated heterocycles. The molecule has 0 aromatic carbocycles. The van der Waals surface area contributed by atoms with E-state index in [0.29, 0.717) is 41.7 Å². The molecule has 1 saturated carbocycles. The molecule has 5 heteroatoms. The fourth-order valence-corrected chi connectivity index (χ4v) is 6.37. The minimum absolute atomic E-state index is 0.0651. The molecule has 0 aromatic heterocycles. The van der Waals surface area contributed by atoms with Crippen LogP contribution in [0.5, 0.6) is 0 Å². The first kappa shape index (κ1) is 36.9.